The van der Waals surface area contributed by atoms with E-state index in [-0.39, 0.29) is 24.1 Å². The van der Waals surface area contributed by atoms with E-state index in [0.29, 0.717) is 28.1 Å². The largest absolute Gasteiger partial charge is 0.345 e. The Balaban J connectivity index is 1.64. The Morgan fingerprint density at radius 2 is 1.91 bits per heavy atom. The number of amides is 2. The average Bonchev–Trinajstić information content (AvgIpc) is 3.15. The van der Waals surface area contributed by atoms with Crippen molar-refractivity contribution in [3.05, 3.63) is 80.2 Å². The molecule has 0 saturated heterocycles. The second-order valence-electron chi connectivity index (χ2n) is 7.21. The minimum atomic E-state index is -0.300. The van der Waals surface area contributed by atoms with Crippen molar-refractivity contribution in [3.63, 3.8) is 0 Å². The van der Waals surface area contributed by atoms with Crippen molar-refractivity contribution < 1.29 is 9.59 Å². The van der Waals surface area contributed by atoms with Crippen LogP contribution in [0.15, 0.2) is 54.2 Å². The highest BCUT2D eigenvalue weighted by molar-refractivity contribution is 14.1. The number of nitrogens with one attached hydrogen (secondary N) is 2. The highest BCUT2D eigenvalue weighted by atomic mass is 127. The molecular formula is C23H23ClIN5O2S. The van der Waals surface area contributed by atoms with Crippen molar-refractivity contribution in [1.82, 2.24) is 20.1 Å². The van der Waals surface area contributed by atoms with E-state index in [4.69, 9.17) is 11.6 Å². The van der Waals surface area contributed by atoms with Crippen LogP contribution in [0.25, 0.3) is 0 Å². The van der Waals surface area contributed by atoms with Crippen molar-refractivity contribution >= 4 is 63.5 Å². The molecule has 0 unspecified atom stereocenters. The van der Waals surface area contributed by atoms with Crippen molar-refractivity contribution in [2.75, 3.05) is 11.1 Å². The summed E-state index contributed by atoms with van der Waals surface area (Å²) < 4.78 is 2.95. The zero-order valence-electron chi connectivity index (χ0n) is 18.2. The van der Waals surface area contributed by atoms with Gasteiger partial charge in [-0.15, -0.1) is 16.8 Å². The number of aromatic nitrogens is 3. The van der Waals surface area contributed by atoms with Gasteiger partial charge in [0.1, 0.15) is 0 Å². The molecule has 7 nitrogen and oxygen atoms in total. The Hall–Kier alpha value is -2.37. The van der Waals surface area contributed by atoms with E-state index < -0.39 is 0 Å². The van der Waals surface area contributed by atoms with Crippen LogP contribution in [0.2, 0.25) is 5.02 Å². The maximum Gasteiger partial charge on any atom is 0.253 e. The number of thioether (sulfide) groups is 1. The number of hydrogen-bond acceptors (Lipinski definition) is 5. The monoisotopic (exact) mass is 595 g/mol. The summed E-state index contributed by atoms with van der Waals surface area (Å²) in [6.07, 6.45) is 1.71. The zero-order valence-corrected chi connectivity index (χ0v) is 21.9. The molecule has 2 amide bonds. The fourth-order valence-corrected chi connectivity index (χ4v) is 5.10. The standard InChI is InChI=1S/C23H23ClIN5O2S/c1-4-9-30-19(12-26-22(32)17-7-5-6-8-18(17)24)28-29-23(30)33-13-20(31)27-21-14(2)10-16(25)11-15(21)3/h4-8,10-11H,1,9,12-13H2,2-3H3,(H,26,32)(H,27,31). The molecule has 10 heteroatoms. The summed E-state index contributed by atoms with van der Waals surface area (Å²) in [6, 6.07) is 10.9. The number of carbonyl (C=O) groups excluding carboxylic acids is 2. The van der Waals surface area contributed by atoms with E-state index in [1.165, 1.54) is 11.8 Å². The van der Waals surface area contributed by atoms with Crippen LogP contribution in [-0.4, -0.2) is 32.3 Å². The number of hydrogen-bond donors (Lipinski definition) is 2. The predicted molar refractivity (Wildman–Crippen MR) is 141 cm³/mol. The van der Waals surface area contributed by atoms with E-state index in [1.54, 1.807) is 30.3 Å². The molecule has 1 aromatic heterocycles. The summed E-state index contributed by atoms with van der Waals surface area (Å²) in [5.74, 6) is 0.300. The molecule has 0 atom stereocenters. The van der Waals surface area contributed by atoms with Crippen molar-refractivity contribution in [2.45, 2.75) is 32.1 Å². The maximum atomic E-state index is 12.6. The molecule has 0 aliphatic rings. The first-order chi connectivity index (χ1) is 15.8. The summed E-state index contributed by atoms with van der Waals surface area (Å²) in [5, 5.41) is 15.1. The van der Waals surface area contributed by atoms with Gasteiger partial charge in [-0.3, -0.25) is 9.59 Å². The van der Waals surface area contributed by atoms with Crippen LogP contribution in [0.5, 0.6) is 0 Å². The normalized spacial score (nSPS) is 10.7. The Kier molecular flexibility index (Phi) is 8.93. The van der Waals surface area contributed by atoms with Crippen LogP contribution in [0, 0.1) is 17.4 Å². The number of allylic oxidation sites excluding steroid dienone is 1. The van der Waals surface area contributed by atoms with Gasteiger partial charge in [0.2, 0.25) is 5.91 Å². The number of halogens is 2. The molecule has 1 heterocycles. The van der Waals surface area contributed by atoms with Gasteiger partial charge >= 0.3 is 0 Å². The number of aryl methyl sites for hydroxylation is 2. The van der Waals surface area contributed by atoms with Crippen LogP contribution in [0.4, 0.5) is 5.69 Å². The Bertz CT molecular complexity index is 1170. The molecule has 3 aromatic rings. The number of anilines is 1. The number of benzene rings is 2. The van der Waals surface area contributed by atoms with E-state index in [0.717, 1.165) is 20.4 Å². The quantitative estimate of drug-likeness (QED) is 0.207. The molecule has 2 N–H and O–H groups in total. The Morgan fingerprint density at radius 3 is 2.58 bits per heavy atom. The highest BCUT2D eigenvalue weighted by Crippen LogP contribution is 2.24. The molecule has 0 saturated carbocycles. The molecule has 0 aliphatic carbocycles. The third-order valence-corrected chi connectivity index (χ3v) is 6.64. The molecule has 0 spiro atoms. The molecule has 33 heavy (non-hydrogen) atoms. The van der Waals surface area contributed by atoms with Gasteiger partial charge in [-0.25, -0.2) is 0 Å². The molecule has 172 valence electrons. The molecule has 0 radical (unpaired) electrons. The Labute approximate surface area is 215 Å². The van der Waals surface area contributed by atoms with Gasteiger partial charge in [0.25, 0.3) is 5.91 Å². The molecule has 0 fully saturated rings. The predicted octanol–water partition coefficient (Wildman–Crippen LogP) is 5.00. The maximum absolute atomic E-state index is 12.6. The van der Waals surface area contributed by atoms with E-state index in [1.807, 2.05) is 30.5 Å². The van der Waals surface area contributed by atoms with Crippen LogP contribution in [0.3, 0.4) is 0 Å². The van der Waals surface area contributed by atoms with Crippen molar-refractivity contribution in [2.24, 2.45) is 0 Å². The fraction of sp³-hybridized carbons (Fsp3) is 0.217. The molecular weight excluding hydrogens is 573 g/mol. The second kappa shape index (κ2) is 11.7. The first-order valence-electron chi connectivity index (χ1n) is 10.0. The molecule has 0 aliphatic heterocycles. The lowest BCUT2D eigenvalue weighted by molar-refractivity contribution is -0.113. The third kappa shape index (κ3) is 6.58. The van der Waals surface area contributed by atoms with Crippen molar-refractivity contribution in [1.29, 1.82) is 0 Å². The summed E-state index contributed by atoms with van der Waals surface area (Å²) in [5.41, 5.74) is 3.26. The average molecular weight is 596 g/mol. The second-order valence-corrected chi connectivity index (χ2v) is 9.81. The minimum Gasteiger partial charge on any atom is -0.345 e. The molecule has 2 aromatic carbocycles. The summed E-state index contributed by atoms with van der Waals surface area (Å²) in [4.78, 5) is 25.0. The smallest absolute Gasteiger partial charge is 0.253 e. The van der Waals surface area contributed by atoms with E-state index in [9.17, 15) is 9.59 Å². The van der Waals surface area contributed by atoms with Gasteiger partial charge in [0.15, 0.2) is 11.0 Å². The summed E-state index contributed by atoms with van der Waals surface area (Å²) in [6.45, 7) is 8.34. The third-order valence-electron chi connectivity index (χ3n) is 4.72. The lowest BCUT2D eigenvalue weighted by Gasteiger charge is -2.12. The lowest BCUT2D eigenvalue weighted by Crippen LogP contribution is -2.25. The highest BCUT2D eigenvalue weighted by Gasteiger charge is 2.16. The van der Waals surface area contributed by atoms with Gasteiger partial charge in [0.05, 0.1) is 22.9 Å². The van der Waals surface area contributed by atoms with Gasteiger partial charge in [-0.05, 0) is 71.8 Å². The first kappa shape index (κ1) is 25.3. The first-order valence-corrected chi connectivity index (χ1v) is 12.5. The van der Waals surface area contributed by atoms with Gasteiger partial charge in [-0.2, -0.15) is 0 Å². The minimum absolute atomic E-state index is 0.130. The summed E-state index contributed by atoms with van der Waals surface area (Å²) in [7, 11) is 0. The lowest BCUT2D eigenvalue weighted by atomic mass is 10.1. The molecule has 3 rings (SSSR count). The van der Waals surface area contributed by atoms with E-state index >= 15 is 0 Å². The SMILES string of the molecule is C=CCn1c(CNC(=O)c2ccccc2Cl)nnc1SCC(=O)Nc1c(C)cc(I)cc1C. The van der Waals surface area contributed by atoms with Gasteiger partial charge < -0.3 is 15.2 Å². The number of carbonyl (C=O) groups is 2. The van der Waals surface area contributed by atoms with E-state index in [2.05, 4.69) is 50.0 Å². The fourth-order valence-electron chi connectivity index (χ4n) is 3.18. The zero-order chi connectivity index (χ0) is 24.0. The van der Waals surface area contributed by atoms with Crippen LogP contribution >= 0.6 is 46.0 Å². The summed E-state index contributed by atoms with van der Waals surface area (Å²) >= 11 is 9.63. The topological polar surface area (TPSA) is 88.9 Å². The van der Waals surface area contributed by atoms with Crippen LogP contribution < -0.4 is 10.6 Å². The van der Waals surface area contributed by atoms with Gasteiger partial charge in [-0.1, -0.05) is 41.6 Å². The van der Waals surface area contributed by atoms with Crippen LogP contribution in [0.1, 0.15) is 27.3 Å². The van der Waals surface area contributed by atoms with Gasteiger partial charge in [0, 0.05) is 15.8 Å². The van der Waals surface area contributed by atoms with Crippen molar-refractivity contribution in [3.8, 4) is 0 Å². The van der Waals surface area contributed by atoms with Crippen LogP contribution in [-0.2, 0) is 17.9 Å². The Morgan fingerprint density at radius 1 is 1.21 bits per heavy atom. The number of rotatable bonds is 9. The number of nitrogens with zero attached hydrogens (tertiary/aromatic N) is 3. The molecule has 0 bridgehead atoms.